The highest BCUT2D eigenvalue weighted by Crippen LogP contribution is 2.33. The van der Waals surface area contributed by atoms with Crippen molar-refractivity contribution in [3.63, 3.8) is 0 Å². The predicted octanol–water partition coefficient (Wildman–Crippen LogP) is 3.17. The zero-order chi connectivity index (χ0) is 25.7. The van der Waals surface area contributed by atoms with Crippen LogP contribution in [0.15, 0.2) is 61.2 Å². The molecule has 1 atom stereocenters. The molecular formula is C25H26N8O3S. The van der Waals surface area contributed by atoms with Gasteiger partial charge in [0.2, 0.25) is 0 Å². The second-order valence-corrected chi connectivity index (χ2v) is 11.4. The summed E-state index contributed by atoms with van der Waals surface area (Å²) in [6, 6.07) is 11.7. The van der Waals surface area contributed by atoms with Crippen LogP contribution in [-0.2, 0) is 10.2 Å². The molecule has 0 bridgehead atoms. The molecule has 1 aliphatic rings. The molecule has 6 rings (SSSR count). The number of benzene rings is 2. The van der Waals surface area contributed by atoms with Crippen LogP contribution in [0.3, 0.4) is 0 Å². The van der Waals surface area contributed by atoms with E-state index in [1.54, 1.807) is 18.6 Å². The summed E-state index contributed by atoms with van der Waals surface area (Å²) < 4.78 is 35.3. The SMILES string of the molecule is CC(Oc1ccc2[nH]nc(-c3cnn(C4CN(S(=O)(=O)N(C)C)C4)c3)c2c1)c1cccc2nccnc12. The first-order chi connectivity index (χ1) is 17.8. The Hall–Kier alpha value is -3.87. The third-order valence-corrected chi connectivity index (χ3v) is 8.55. The Balaban J connectivity index is 1.23. The van der Waals surface area contributed by atoms with E-state index in [4.69, 9.17) is 4.74 Å². The molecule has 1 saturated heterocycles. The van der Waals surface area contributed by atoms with Gasteiger partial charge in [0.1, 0.15) is 17.5 Å². The topological polar surface area (TPSA) is 122 Å². The van der Waals surface area contributed by atoms with Crippen molar-refractivity contribution in [2.45, 2.75) is 19.1 Å². The van der Waals surface area contributed by atoms with E-state index in [9.17, 15) is 8.42 Å². The van der Waals surface area contributed by atoms with Crippen LogP contribution in [0.5, 0.6) is 5.75 Å². The van der Waals surface area contributed by atoms with Crippen LogP contribution in [0.2, 0.25) is 0 Å². The highest BCUT2D eigenvalue weighted by molar-refractivity contribution is 7.86. The second kappa shape index (κ2) is 8.91. The van der Waals surface area contributed by atoms with Gasteiger partial charge in [0.05, 0.1) is 28.8 Å². The molecule has 0 amide bonds. The number of rotatable bonds is 7. The molecule has 0 saturated carbocycles. The number of aromatic nitrogens is 6. The predicted molar refractivity (Wildman–Crippen MR) is 139 cm³/mol. The fourth-order valence-corrected chi connectivity index (χ4v) is 5.74. The summed E-state index contributed by atoms with van der Waals surface area (Å²) in [5.74, 6) is 0.708. The Morgan fingerprint density at radius 2 is 1.95 bits per heavy atom. The van der Waals surface area contributed by atoms with Gasteiger partial charge in [0.25, 0.3) is 10.2 Å². The maximum atomic E-state index is 12.3. The number of nitrogens with zero attached hydrogens (tertiary/aromatic N) is 7. The summed E-state index contributed by atoms with van der Waals surface area (Å²) >= 11 is 0. The molecule has 1 unspecified atom stereocenters. The van der Waals surface area contributed by atoms with E-state index in [-0.39, 0.29) is 12.1 Å². The van der Waals surface area contributed by atoms with Crippen molar-refractivity contribution in [2.75, 3.05) is 27.2 Å². The minimum atomic E-state index is -3.41. The van der Waals surface area contributed by atoms with E-state index in [1.165, 1.54) is 22.7 Å². The van der Waals surface area contributed by atoms with E-state index < -0.39 is 10.2 Å². The van der Waals surface area contributed by atoms with Crippen molar-refractivity contribution in [1.82, 2.24) is 38.6 Å². The lowest BCUT2D eigenvalue weighted by molar-refractivity contribution is 0.182. The van der Waals surface area contributed by atoms with Crippen LogP contribution < -0.4 is 4.74 Å². The Morgan fingerprint density at radius 1 is 1.14 bits per heavy atom. The van der Waals surface area contributed by atoms with E-state index in [0.717, 1.165) is 38.8 Å². The molecular weight excluding hydrogens is 492 g/mol. The zero-order valence-electron chi connectivity index (χ0n) is 20.6. The number of ether oxygens (including phenoxy) is 1. The smallest absolute Gasteiger partial charge is 0.281 e. The third-order valence-electron chi connectivity index (χ3n) is 6.68. The van der Waals surface area contributed by atoms with Gasteiger partial charge < -0.3 is 4.74 Å². The minimum Gasteiger partial charge on any atom is -0.486 e. The van der Waals surface area contributed by atoms with Crippen LogP contribution in [0.25, 0.3) is 33.2 Å². The number of hydrogen-bond donors (Lipinski definition) is 1. The lowest BCUT2D eigenvalue weighted by atomic mass is 10.1. The number of hydrogen-bond acceptors (Lipinski definition) is 7. The number of fused-ring (bicyclic) bond motifs is 2. The quantitative estimate of drug-likeness (QED) is 0.351. The third kappa shape index (κ3) is 4.12. The average Bonchev–Trinajstić information content (AvgIpc) is 3.49. The molecule has 37 heavy (non-hydrogen) atoms. The van der Waals surface area contributed by atoms with Crippen LogP contribution in [0.1, 0.15) is 24.6 Å². The maximum Gasteiger partial charge on any atom is 0.281 e. The van der Waals surface area contributed by atoms with Crippen molar-refractivity contribution < 1.29 is 13.2 Å². The number of H-pyrrole nitrogens is 1. The van der Waals surface area contributed by atoms with Crippen molar-refractivity contribution in [3.05, 3.63) is 66.7 Å². The van der Waals surface area contributed by atoms with Crippen molar-refractivity contribution in [2.24, 2.45) is 0 Å². The van der Waals surface area contributed by atoms with Gasteiger partial charge in [-0.05, 0) is 31.2 Å². The summed E-state index contributed by atoms with van der Waals surface area (Å²) in [5, 5.41) is 13.0. The van der Waals surface area contributed by atoms with Gasteiger partial charge in [-0.15, -0.1) is 0 Å². The van der Waals surface area contributed by atoms with Gasteiger partial charge in [0.15, 0.2) is 0 Å². The summed E-state index contributed by atoms with van der Waals surface area (Å²) in [6.07, 6.45) is 6.79. The number of aromatic amines is 1. The van der Waals surface area contributed by atoms with Gasteiger partial charge in [-0.25, -0.2) is 0 Å². The molecule has 0 aliphatic carbocycles. The highest BCUT2D eigenvalue weighted by atomic mass is 32.2. The van der Waals surface area contributed by atoms with Crippen molar-refractivity contribution >= 4 is 32.1 Å². The maximum absolute atomic E-state index is 12.3. The largest absolute Gasteiger partial charge is 0.486 e. The normalized spacial score (nSPS) is 15.9. The van der Waals surface area contributed by atoms with Crippen LogP contribution in [0, 0.1) is 0 Å². The molecule has 12 heteroatoms. The first-order valence-electron chi connectivity index (χ1n) is 11.9. The lowest BCUT2D eigenvalue weighted by Crippen LogP contribution is -2.54. The first kappa shape index (κ1) is 23.5. The molecule has 1 aliphatic heterocycles. The van der Waals surface area contributed by atoms with E-state index in [1.807, 2.05) is 54.2 Å². The molecule has 5 aromatic rings. The molecule has 4 heterocycles. The summed E-state index contributed by atoms with van der Waals surface area (Å²) in [6.45, 7) is 2.76. The van der Waals surface area contributed by atoms with Gasteiger partial charge in [-0.2, -0.15) is 27.2 Å². The number of nitrogens with one attached hydrogen (secondary N) is 1. The molecule has 1 fully saturated rings. The fraction of sp³-hybridized carbons (Fsp3) is 0.280. The minimum absolute atomic E-state index is 0.0165. The van der Waals surface area contributed by atoms with Crippen LogP contribution in [-0.4, -0.2) is 74.2 Å². The van der Waals surface area contributed by atoms with Gasteiger partial charge in [0, 0.05) is 62.3 Å². The average molecular weight is 519 g/mol. The van der Waals surface area contributed by atoms with Crippen LogP contribution >= 0.6 is 0 Å². The standard InChI is InChI=1S/C25H26N8O3S/c1-16(20-5-4-6-23-25(20)27-10-9-26-23)36-19-7-8-22-21(11-19)24(30-29-22)17-12-28-33(13-17)18-14-32(15-18)37(34,35)31(2)3/h4-13,16,18H,14-15H2,1-3H3,(H,29,30). The molecule has 1 N–H and O–H groups in total. The van der Waals surface area contributed by atoms with E-state index in [2.05, 4.69) is 25.3 Å². The Labute approximate surface area is 213 Å². The van der Waals surface area contributed by atoms with E-state index >= 15 is 0 Å². The van der Waals surface area contributed by atoms with Crippen molar-refractivity contribution in [3.8, 4) is 17.0 Å². The second-order valence-electron chi connectivity index (χ2n) is 9.28. The van der Waals surface area contributed by atoms with Gasteiger partial charge >= 0.3 is 0 Å². The Morgan fingerprint density at radius 3 is 2.76 bits per heavy atom. The van der Waals surface area contributed by atoms with Crippen LogP contribution in [0.4, 0.5) is 0 Å². The molecule has 190 valence electrons. The lowest BCUT2D eigenvalue weighted by Gasteiger charge is -2.39. The number of para-hydroxylation sites is 1. The molecule has 3 aromatic heterocycles. The molecule has 2 aromatic carbocycles. The van der Waals surface area contributed by atoms with Crippen molar-refractivity contribution in [1.29, 1.82) is 0 Å². The first-order valence-corrected chi connectivity index (χ1v) is 13.3. The Bertz CT molecular complexity index is 1700. The van der Waals surface area contributed by atoms with Gasteiger partial charge in [-0.3, -0.25) is 19.7 Å². The molecule has 0 spiro atoms. The van der Waals surface area contributed by atoms with E-state index in [0.29, 0.717) is 18.8 Å². The monoisotopic (exact) mass is 518 g/mol. The summed E-state index contributed by atoms with van der Waals surface area (Å²) in [7, 11) is -0.339. The van der Waals surface area contributed by atoms with Gasteiger partial charge in [-0.1, -0.05) is 12.1 Å². The molecule has 11 nitrogen and oxygen atoms in total. The summed E-state index contributed by atoms with van der Waals surface area (Å²) in [5.41, 5.74) is 5.09. The zero-order valence-corrected chi connectivity index (χ0v) is 21.4. The fourth-order valence-electron chi connectivity index (χ4n) is 4.56. The Kier molecular flexibility index (Phi) is 5.66. The highest BCUT2D eigenvalue weighted by Gasteiger charge is 2.38. The summed E-state index contributed by atoms with van der Waals surface area (Å²) in [4.78, 5) is 8.87. The molecule has 0 radical (unpaired) electrons.